The fourth-order valence-electron chi connectivity index (χ4n) is 2.08. The van der Waals surface area contributed by atoms with Crippen LogP contribution in [0.3, 0.4) is 0 Å². The molecule has 0 aliphatic carbocycles. The minimum atomic E-state index is -1.06. The summed E-state index contributed by atoms with van der Waals surface area (Å²) in [4.78, 5) is 0. The number of aliphatic hydroxyl groups excluding tert-OH is 1. The van der Waals surface area contributed by atoms with Crippen LogP contribution in [-0.2, 0) is 0 Å². The van der Waals surface area contributed by atoms with Crippen molar-refractivity contribution < 1.29 is 13.9 Å². The van der Waals surface area contributed by atoms with E-state index in [1.54, 1.807) is 36.4 Å². The molecule has 102 valence electrons. The molecule has 5 heteroatoms. The van der Waals surface area contributed by atoms with Gasteiger partial charge in [-0.25, -0.2) is 4.39 Å². The molecule has 3 rings (SSSR count). The Morgan fingerprint density at radius 2 is 1.75 bits per heavy atom. The molecule has 0 saturated heterocycles. The highest BCUT2D eigenvalue weighted by Crippen LogP contribution is 2.31. The maximum absolute atomic E-state index is 13.6. The van der Waals surface area contributed by atoms with Gasteiger partial charge in [-0.2, -0.15) is 0 Å². The zero-order valence-electron chi connectivity index (χ0n) is 10.1. The van der Waals surface area contributed by atoms with Crippen LogP contribution in [0.5, 0.6) is 0 Å². The minimum absolute atomic E-state index is 0.120. The van der Waals surface area contributed by atoms with Gasteiger partial charge in [-0.05, 0) is 35.9 Å². The van der Waals surface area contributed by atoms with E-state index in [0.29, 0.717) is 21.0 Å². The molecule has 1 atom stereocenters. The summed E-state index contributed by atoms with van der Waals surface area (Å²) >= 11 is 11.8. The lowest BCUT2D eigenvalue weighted by molar-refractivity contribution is 0.192. The molecule has 1 N–H and O–H groups in total. The standard InChI is InChI=1S/C15H9Cl2FO2/c16-10-4-9(5-11(17)7-10)14(19)13-6-8-2-1-3-12(18)15(8)20-13/h1-7,14,19H. The molecule has 0 amide bonds. The fourth-order valence-corrected chi connectivity index (χ4v) is 2.62. The smallest absolute Gasteiger partial charge is 0.170 e. The summed E-state index contributed by atoms with van der Waals surface area (Å²) in [6, 6.07) is 10.9. The lowest BCUT2D eigenvalue weighted by atomic mass is 10.1. The van der Waals surface area contributed by atoms with Crippen molar-refractivity contribution in [3.05, 3.63) is 69.7 Å². The first-order valence-electron chi connectivity index (χ1n) is 5.86. The van der Waals surface area contributed by atoms with Gasteiger partial charge in [-0.1, -0.05) is 35.3 Å². The van der Waals surface area contributed by atoms with E-state index in [1.807, 2.05) is 0 Å². The number of hydrogen-bond donors (Lipinski definition) is 1. The van der Waals surface area contributed by atoms with E-state index in [0.717, 1.165) is 0 Å². The third-order valence-electron chi connectivity index (χ3n) is 2.99. The highest BCUT2D eigenvalue weighted by atomic mass is 35.5. The largest absolute Gasteiger partial charge is 0.455 e. The molecule has 2 aromatic carbocycles. The Bertz CT molecular complexity index is 762. The molecule has 0 fully saturated rings. The van der Waals surface area contributed by atoms with Crippen LogP contribution in [-0.4, -0.2) is 5.11 Å². The van der Waals surface area contributed by atoms with E-state index in [4.69, 9.17) is 27.6 Å². The van der Waals surface area contributed by atoms with Crippen LogP contribution in [0.4, 0.5) is 4.39 Å². The van der Waals surface area contributed by atoms with Crippen molar-refractivity contribution in [3.63, 3.8) is 0 Å². The van der Waals surface area contributed by atoms with E-state index in [1.165, 1.54) is 6.07 Å². The van der Waals surface area contributed by atoms with Gasteiger partial charge in [-0.3, -0.25) is 0 Å². The van der Waals surface area contributed by atoms with Gasteiger partial charge in [0.05, 0.1) is 0 Å². The number of aliphatic hydroxyl groups is 1. The second-order valence-corrected chi connectivity index (χ2v) is 5.29. The molecule has 0 aliphatic heterocycles. The highest BCUT2D eigenvalue weighted by molar-refractivity contribution is 6.34. The van der Waals surface area contributed by atoms with Crippen molar-refractivity contribution in [1.29, 1.82) is 0 Å². The Labute approximate surface area is 124 Å². The third kappa shape index (κ3) is 2.40. The lowest BCUT2D eigenvalue weighted by Crippen LogP contribution is -1.97. The maximum Gasteiger partial charge on any atom is 0.170 e. The second kappa shape index (κ2) is 5.09. The number of benzene rings is 2. The average molecular weight is 311 g/mol. The summed E-state index contributed by atoms with van der Waals surface area (Å²) in [5.74, 6) is -0.228. The summed E-state index contributed by atoms with van der Waals surface area (Å²) in [5, 5.41) is 11.7. The van der Waals surface area contributed by atoms with Gasteiger partial charge in [0.15, 0.2) is 11.4 Å². The van der Waals surface area contributed by atoms with Crippen molar-refractivity contribution in [2.24, 2.45) is 0 Å². The Balaban J connectivity index is 2.07. The van der Waals surface area contributed by atoms with Gasteiger partial charge in [0.1, 0.15) is 11.9 Å². The number of para-hydroxylation sites is 1. The highest BCUT2D eigenvalue weighted by Gasteiger charge is 2.18. The van der Waals surface area contributed by atoms with E-state index in [2.05, 4.69) is 0 Å². The average Bonchev–Trinajstić information content (AvgIpc) is 2.82. The Morgan fingerprint density at radius 1 is 1.05 bits per heavy atom. The molecule has 2 nitrogen and oxygen atoms in total. The number of furan rings is 1. The number of halogens is 3. The summed E-state index contributed by atoms with van der Waals surface area (Å²) in [5.41, 5.74) is 0.608. The van der Waals surface area contributed by atoms with Gasteiger partial charge < -0.3 is 9.52 Å². The Morgan fingerprint density at radius 3 is 2.40 bits per heavy atom. The predicted molar refractivity (Wildman–Crippen MR) is 76.7 cm³/mol. The number of fused-ring (bicyclic) bond motifs is 1. The molecule has 0 spiro atoms. The SMILES string of the molecule is OC(c1cc(Cl)cc(Cl)c1)c1cc2cccc(F)c2o1. The first-order chi connectivity index (χ1) is 9.54. The third-order valence-corrected chi connectivity index (χ3v) is 3.42. The zero-order valence-corrected chi connectivity index (χ0v) is 11.6. The van der Waals surface area contributed by atoms with E-state index in [-0.39, 0.29) is 11.3 Å². The second-order valence-electron chi connectivity index (χ2n) is 4.41. The van der Waals surface area contributed by atoms with Gasteiger partial charge in [0.25, 0.3) is 0 Å². The maximum atomic E-state index is 13.6. The van der Waals surface area contributed by atoms with Crippen LogP contribution >= 0.6 is 23.2 Å². The molecule has 0 bridgehead atoms. The summed E-state index contributed by atoms with van der Waals surface area (Å²) < 4.78 is 19.0. The molecule has 20 heavy (non-hydrogen) atoms. The van der Waals surface area contributed by atoms with E-state index < -0.39 is 11.9 Å². The molecule has 1 aromatic heterocycles. The Hall–Kier alpha value is -1.55. The number of hydrogen-bond acceptors (Lipinski definition) is 2. The normalized spacial score (nSPS) is 12.8. The lowest BCUT2D eigenvalue weighted by Gasteiger charge is -2.09. The molecular formula is C15H9Cl2FO2. The number of rotatable bonds is 2. The van der Waals surface area contributed by atoms with Crippen molar-refractivity contribution in [3.8, 4) is 0 Å². The molecular weight excluding hydrogens is 302 g/mol. The van der Waals surface area contributed by atoms with Gasteiger partial charge in [0, 0.05) is 15.4 Å². The quantitative estimate of drug-likeness (QED) is 0.725. The van der Waals surface area contributed by atoms with Crippen LogP contribution in [0.25, 0.3) is 11.0 Å². The molecule has 0 radical (unpaired) electrons. The summed E-state index contributed by atoms with van der Waals surface area (Å²) in [6.45, 7) is 0. The fraction of sp³-hybridized carbons (Fsp3) is 0.0667. The minimum Gasteiger partial charge on any atom is -0.455 e. The van der Waals surface area contributed by atoms with Crippen molar-refractivity contribution in [1.82, 2.24) is 0 Å². The van der Waals surface area contributed by atoms with Gasteiger partial charge >= 0.3 is 0 Å². The van der Waals surface area contributed by atoms with Crippen LogP contribution < -0.4 is 0 Å². The van der Waals surface area contributed by atoms with Crippen molar-refractivity contribution in [2.45, 2.75) is 6.10 Å². The van der Waals surface area contributed by atoms with Crippen molar-refractivity contribution >= 4 is 34.2 Å². The first-order valence-corrected chi connectivity index (χ1v) is 6.62. The molecule has 1 heterocycles. The van der Waals surface area contributed by atoms with Gasteiger partial charge in [0.2, 0.25) is 0 Å². The summed E-state index contributed by atoms with van der Waals surface area (Å²) in [6.07, 6.45) is -1.06. The van der Waals surface area contributed by atoms with Crippen molar-refractivity contribution in [2.75, 3.05) is 0 Å². The van der Waals surface area contributed by atoms with Gasteiger partial charge in [-0.15, -0.1) is 0 Å². The van der Waals surface area contributed by atoms with Crippen LogP contribution in [0, 0.1) is 5.82 Å². The zero-order chi connectivity index (χ0) is 14.3. The van der Waals surface area contributed by atoms with E-state index in [9.17, 15) is 9.50 Å². The summed E-state index contributed by atoms with van der Waals surface area (Å²) in [7, 11) is 0. The molecule has 1 unspecified atom stereocenters. The van der Waals surface area contributed by atoms with Crippen LogP contribution in [0.1, 0.15) is 17.4 Å². The molecule has 3 aromatic rings. The van der Waals surface area contributed by atoms with E-state index >= 15 is 0 Å². The first kappa shape index (κ1) is 13.4. The predicted octanol–water partition coefficient (Wildman–Crippen LogP) is 4.96. The van der Waals surface area contributed by atoms with Crippen LogP contribution in [0.2, 0.25) is 10.0 Å². The monoisotopic (exact) mass is 310 g/mol. The molecule has 0 aliphatic rings. The Kier molecular flexibility index (Phi) is 3.42. The topological polar surface area (TPSA) is 33.4 Å². The van der Waals surface area contributed by atoms with Crippen LogP contribution in [0.15, 0.2) is 46.9 Å². The molecule has 0 saturated carbocycles.